The molecule has 1 unspecified atom stereocenters. The lowest BCUT2D eigenvalue weighted by atomic mass is 10.2. The zero-order valence-corrected chi connectivity index (χ0v) is 10.9. The van der Waals surface area contributed by atoms with Gasteiger partial charge in [-0.15, -0.1) is 0 Å². The molecule has 0 spiro atoms. The van der Waals surface area contributed by atoms with Crippen LogP contribution in [0.2, 0.25) is 0 Å². The monoisotopic (exact) mass is 229 g/mol. The Bertz CT molecular complexity index is 233. The molecule has 0 aromatic heterocycles. The number of hydrogen-bond donors (Lipinski definition) is 0. The minimum atomic E-state index is -0.496. The topological polar surface area (TPSA) is 46.6 Å². The van der Waals surface area contributed by atoms with Crippen LogP contribution in [0.15, 0.2) is 0 Å². The van der Waals surface area contributed by atoms with Crippen LogP contribution in [0.3, 0.4) is 0 Å². The number of aldehydes is 1. The van der Waals surface area contributed by atoms with E-state index in [0.29, 0.717) is 13.0 Å². The van der Waals surface area contributed by atoms with Crippen molar-refractivity contribution in [2.75, 3.05) is 6.54 Å². The largest absolute Gasteiger partial charge is 0.444 e. The van der Waals surface area contributed by atoms with Crippen LogP contribution >= 0.6 is 0 Å². The summed E-state index contributed by atoms with van der Waals surface area (Å²) in [5.41, 5.74) is -0.496. The van der Waals surface area contributed by atoms with Crippen LogP contribution in [0.4, 0.5) is 4.79 Å². The number of rotatable bonds is 5. The van der Waals surface area contributed by atoms with E-state index in [-0.39, 0.29) is 12.1 Å². The Morgan fingerprint density at radius 2 is 2.00 bits per heavy atom. The summed E-state index contributed by atoms with van der Waals surface area (Å²) in [7, 11) is 0. The maximum absolute atomic E-state index is 11.9. The molecule has 0 saturated carbocycles. The van der Waals surface area contributed by atoms with Crippen LogP contribution in [0.1, 0.15) is 47.5 Å². The fraction of sp³-hybridized carbons (Fsp3) is 0.833. The molecule has 0 aromatic rings. The predicted molar refractivity (Wildman–Crippen MR) is 63.4 cm³/mol. The van der Waals surface area contributed by atoms with Gasteiger partial charge in [-0.1, -0.05) is 6.92 Å². The molecule has 1 amide bonds. The molecule has 0 radical (unpaired) electrons. The van der Waals surface area contributed by atoms with Crippen molar-refractivity contribution >= 4 is 12.4 Å². The highest BCUT2D eigenvalue weighted by atomic mass is 16.6. The van der Waals surface area contributed by atoms with Crippen molar-refractivity contribution in [3.8, 4) is 0 Å². The summed E-state index contributed by atoms with van der Waals surface area (Å²) >= 11 is 0. The number of hydrogen-bond acceptors (Lipinski definition) is 3. The molecule has 0 bridgehead atoms. The van der Waals surface area contributed by atoms with E-state index in [1.54, 1.807) is 4.90 Å². The quantitative estimate of drug-likeness (QED) is 0.681. The number of carbonyl (C=O) groups excluding carboxylic acids is 2. The summed E-state index contributed by atoms with van der Waals surface area (Å²) in [5, 5.41) is 0. The van der Waals surface area contributed by atoms with E-state index >= 15 is 0 Å². The zero-order chi connectivity index (χ0) is 12.8. The second-order valence-corrected chi connectivity index (χ2v) is 4.93. The highest BCUT2D eigenvalue weighted by Crippen LogP contribution is 2.13. The van der Waals surface area contributed by atoms with Gasteiger partial charge in [-0.05, 0) is 34.1 Å². The minimum Gasteiger partial charge on any atom is -0.444 e. The van der Waals surface area contributed by atoms with E-state index in [1.165, 1.54) is 0 Å². The SMILES string of the molecule is CCCN(C(=O)OC(C)(C)C)C(C)CC=O. The van der Waals surface area contributed by atoms with Crippen molar-refractivity contribution in [3.05, 3.63) is 0 Å². The molecule has 0 heterocycles. The third kappa shape index (κ3) is 5.73. The molecule has 4 nitrogen and oxygen atoms in total. The number of carbonyl (C=O) groups is 2. The molecule has 0 aliphatic rings. The van der Waals surface area contributed by atoms with Gasteiger partial charge < -0.3 is 14.4 Å². The summed E-state index contributed by atoms with van der Waals surface area (Å²) in [6, 6.07) is -0.104. The summed E-state index contributed by atoms with van der Waals surface area (Å²) < 4.78 is 5.29. The summed E-state index contributed by atoms with van der Waals surface area (Å²) in [6.07, 6.45) is 1.68. The molecule has 16 heavy (non-hydrogen) atoms. The zero-order valence-electron chi connectivity index (χ0n) is 10.9. The predicted octanol–water partition coefficient (Wildman–Crippen LogP) is 2.61. The maximum Gasteiger partial charge on any atom is 0.410 e. The van der Waals surface area contributed by atoms with Gasteiger partial charge in [0.25, 0.3) is 0 Å². The molecule has 94 valence electrons. The average molecular weight is 229 g/mol. The third-order valence-corrected chi connectivity index (χ3v) is 2.06. The van der Waals surface area contributed by atoms with Gasteiger partial charge >= 0.3 is 6.09 Å². The summed E-state index contributed by atoms with van der Waals surface area (Å²) in [6.45, 7) is 9.96. The van der Waals surface area contributed by atoms with Gasteiger partial charge in [0.1, 0.15) is 11.9 Å². The smallest absolute Gasteiger partial charge is 0.410 e. The van der Waals surface area contributed by atoms with Gasteiger partial charge in [0.05, 0.1) is 0 Å². The van der Waals surface area contributed by atoms with E-state index in [2.05, 4.69) is 0 Å². The van der Waals surface area contributed by atoms with Gasteiger partial charge in [0, 0.05) is 19.0 Å². The van der Waals surface area contributed by atoms with E-state index in [1.807, 2.05) is 34.6 Å². The lowest BCUT2D eigenvalue weighted by Crippen LogP contribution is -2.42. The van der Waals surface area contributed by atoms with Crippen LogP contribution in [-0.4, -0.2) is 35.5 Å². The van der Waals surface area contributed by atoms with Crippen LogP contribution in [0.5, 0.6) is 0 Å². The second kappa shape index (κ2) is 6.51. The van der Waals surface area contributed by atoms with Crippen LogP contribution < -0.4 is 0 Å². The highest BCUT2D eigenvalue weighted by molar-refractivity contribution is 5.69. The Kier molecular flexibility index (Phi) is 6.08. The van der Waals surface area contributed by atoms with Gasteiger partial charge in [-0.3, -0.25) is 0 Å². The van der Waals surface area contributed by atoms with E-state index in [4.69, 9.17) is 4.74 Å². The standard InChI is InChI=1S/C12H23NO3/c1-6-8-13(10(2)7-9-14)11(15)16-12(3,4)5/h9-10H,6-8H2,1-5H3. The van der Waals surface area contributed by atoms with Crippen molar-refractivity contribution in [3.63, 3.8) is 0 Å². The first kappa shape index (κ1) is 14.9. The summed E-state index contributed by atoms with van der Waals surface area (Å²) in [4.78, 5) is 23.9. The van der Waals surface area contributed by atoms with Crippen molar-refractivity contribution in [1.82, 2.24) is 4.90 Å². The Hall–Kier alpha value is -1.06. The fourth-order valence-electron chi connectivity index (χ4n) is 1.32. The molecular formula is C12H23NO3. The number of nitrogens with zero attached hydrogens (tertiary/aromatic N) is 1. The van der Waals surface area contributed by atoms with E-state index in [0.717, 1.165) is 12.7 Å². The van der Waals surface area contributed by atoms with Crippen LogP contribution in [0.25, 0.3) is 0 Å². The first-order valence-corrected chi connectivity index (χ1v) is 5.75. The molecule has 1 atom stereocenters. The first-order chi connectivity index (χ1) is 7.31. The molecular weight excluding hydrogens is 206 g/mol. The Labute approximate surface area is 98.0 Å². The van der Waals surface area contributed by atoms with Gasteiger partial charge in [0.2, 0.25) is 0 Å². The second-order valence-electron chi connectivity index (χ2n) is 4.93. The van der Waals surface area contributed by atoms with E-state index < -0.39 is 5.60 Å². The van der Waals surface area contributed by atoms with Crippen molar-refractivity contribution < 1.29 is 14.3 Å². The molecule has 0 fully saturated rings. The molecule has 0 aliphatic carbocycles. The highest BCUT2D eigenvalue weighted by Gasteiger charge is 2.24. The molecule has 0 N–H and O–H groups in total. The van der Waals surface area contributed by atoms with Crippen LogP contribution in [-0.2, 0) is 9.53 Å². The lowest BCUT2D eigenvalue weighted by Gasteiger charge is -2.30. The molecule has 0 saturated heterocycles. The Balaban J connectivity index is 4.51. The minimum absolute atomic E-state index is 0.104. The average Bonchev–Trinajstić information content (AvgIpc) is 2.11. The van der Waals surface area contributed by atoms with Gasteiger partial charge in [-0.25, -0.2) is 4.79 Å². The van der Waals surface area contributed by atoms with Crippen molar-refractivity contribution in [2.24, 2.45) is 0 Å². The molecule has 4 heteroatoms. The molecule has 0 aliphatic heterocycles. The van der Waals surface area contributed by atoms with E-state index in [9.17, 15) is 9.59 Å². The Morgan fingerprint density at radius 3 is 2.38 bits per heavy atom. The molecule has 0 aromatic carbocycles. The maximum atomic E-state index is 11.9. The third-order valence-electron chi connectivity index (χ3n) is 2.06. The van der Waals surface area contributed by atoms with Gasteiger partial charge in [-0.2, -0.15) is 0 Å². The first-order valence-electron chi connectivity index (χ1n) is 5.75. The van der Waals surface area contributed by atoms with Crippen LogP contribution in [0, 0.1) is 0 Å². The lowest BCUT2D eigenvalue weighted by molar-refractivity contribution is -0.108. The van der Waals surface area contributed by atoms with Gasteiger partial charge in [0.15, 0.2) is 0 Å². The molecule has 0 rings (SSSR count). The fourth-order valence-corrected chi connectivity index (χ4v) is 1.32. The van der Waals surface area contributed by atoms with Crippen molar-refractivity contribution in [1.29, 1.82) is 0 Å². The summed E-state index contributed by atoms with van der Waals surface area (Å²) in [5.74, 6) is 0. The Morgan fingerprint density at radius 1 is 1.44 bits per heavy atom. The number of amides is 1. The number of ether oxygens (including phenoxy) is 1. The van der Waals surface area contributed by atoms with Crippen molar-refractivity contribution in [2.45, 2.75) is 59.1 Å². The normalized spacial score (nSPS) is 13.1.